The summed E-state index contributed by atoms with van der Waals surface area (Å²) in [5, 5.41) is 0. The van der Waals surface area contributed by atoms with Crippen molar-refractivity contribution >= 4 is 27.5 Å². The van der Waals surface area contributed by atoms with Crippen molar-refractivity contribution in [1.29, 1.82) is 0 Å². The van der Waals surface area contributed by atoms with E-state index in [0.29, 0.717) is 42.4 Å². The zero-order valence-electron chi connectivity index (χ0n) is 19.1. The molecule has 1 aliphatic rings. The summed E-state index contributed by atoms with van der Waals surface area (Å²) >= 11 is 0. The maximum absolute atomic E-state index is 13.1. The quantitative estimate of drug-likeness (QED) is 0.658. The van der Waals surface area contributed by atoms with Gasteiger partial charge in [0.2, 0.25) is 10.0 Å². The number of rotatable bonds is 7. The molecule has 2 atom stereocenters. The Bertz CT molecular complexity index is 1110. The molecule has 9 nitrogen and oxygen atoms in total. The number of sulfonamides is 1. The molecule has 1 heterocycles. The lowest BCUT2D eigenvalue weighted by Crippen LogP contribution is -2.57. The Kier molecular flexibility index (Phi) is 7.47. The van der Waals surface area contributed by atoms with Gasteiger partial charge in [0.05, 0.1) is 19.1 Å². The fraction of sp³-hybridized carbons (Fsp3) is 0.391. The van der Waals surface area contributed by atoms with Gasteiger partial charge in [-0.05, 0) is 38.1 Å². The summed E-state index contributed by atoms with van der Waals surface area (Å²) in [4.78, 5) is 29.3. The minimum Gasteiger partial charge on any atom is -0.493 e. The Morgan fingerprint density at radius 2 is 1.79 bits per heavy atom. The first kappa shape index (κ1) is 24.4. The predicted molar refractivity (Wildman–Crippen MR) is 125 cm³/mol. The molecule has 2 aromatic carbocycles. The van der Waals surface area contributed by atoms with Gasteiger partial charge in [-0.1, -0.05) is 18.2 Å². The topological polar surface area (TPSA) is 105 Å². The molecule has 2 amide bonds. The van der Waals surface area contributed by atoms with Gasteiger partial charge in [-0.15, -0.1) is 0 Å². The monoisotopic (exact) mass is 475 g/mol. The van der Waals surface area contributed by atoms with Crippen molar-refractivity contribution in [3.05, 3.63) is 54.1 Å². The summed E-state index contributed by atoms with van der Waals surface area (Å²) in [6.07, 6.45) is 0.255. The first-order valence-corrected chi connectivity index (χ1v) is 12.5. The summed E-state index contributed by atoms with van der Waals surface area (Å²) in [6.45, 7) is 4.83. The van der Waals surface area contributed by atoms with Crippen LogP contribution < -0.4 is 14.2 Å². The molecule has 1 aliphatic heterocycles. The second-order valence-electron chi connectivity index (χ2n) is 8.00. The number of amides is 2. The Morgan fingerprint density at radius 1 is 1.09 bits per heavy atom. The molecule has 0 radical (unpaired) electrons. The van der Waals surface area contributed by atoms with Crippen molar-refractivity contribution in [3.63, 3.8) is 0 Å². The van der Waals surface area contributed by atoms with Crippen molar-refractivity contribution in [3.8, 4) is 11.5 Å². The first-order chi connectivity index (χ1) is 15.6. The normalized spacial score (nSPS) is 17.3. The van der Waals surface area contributed by atoms with Gasteiger partial charge in [0.25, 0.3) is 11.8 Å². The molecule has 33 heavy (non-hydrogen) atoms. The average Bonchev–Trinajstić information content (AvgIpc) is 2.78. The van der Waals surface area contributed by atoms with E-state index < -0.39 is 16.1 Å². The van der Waals surface area contributed by atoms with Gasteiger partial charge in [-0.3, -0.25) is 14.3 Å². The molecule has 0 spiro atoms. The number of anilines is 1. The maximum Gasteiger partial charge on any atom is 0.263 e. The third-order valence-electron chi connectivity index (χ3n) is 5.34. The van der Waals surface area contributed by atoms with Gasteiger partial charge in [0, 0.05) is 37.3 Å². The SMILES string of the molecule is COc1cc(NS(C)(=O)=O)ccc1OC(C)C(=O)N1CCN(C(=O)c2ccccc2)CC1C. The zero-order chi connectivity index (χ0) is 24.2. The molecule has 2 unspecified atom stereocenters. The van der Waals surface area contributed by atoms with E-state index in [2.05, 4.69) is 4.72 Å². The van der Waals surface area contributed by atoms with E-state index in [1.165, 1.54) is 19.2 Å². The summed E-state index contributed by atoms with van der Waals surface area (Å²) in [7, 11) is -2.00. The highest BCUT2D eigenvalue weighted by Crippen LogP contribution is 2.31. The Morgan fingerprint density at radius 3 is 2.39 bits per heavy atom. The number of piperazine rings is 1. The number of hydrogen-bond acceptors (Lipinski definition) is 6. The van der Waals surface area contributed by atoms with Crippen LogP contribution in [0.1, 0.15) is 24.2 Å². The minimum atomic E-state index is -3.44. The van der Waals surface area contributed by atoms with Crippen LogP contribution in [0.3, 0.4) is 0 Å². The lowest BCUT2D eigenvalue weighted by atomic mass is 10.1. The van der Waals surface area contributed by atoms with Crippen molar-refractivity contribution in [1.82, 2.24) is 9.80 Å². The summed E-state index contributed by atoms with van der Waals surface area (Å²) in [5.74, 6) is 0.374. The van der Waals surface area contributed by atoms with Gasteiger partial charge in [0.15, 0.2) is 17.6 Å². The average molecular weight is 476 g/mol. The van der Waals surface area contributed by atoms with E-state index in [9.17, 15) is 18.0 Å². The fourth-order valence-electron chi connectivity index (χ4n) is 3.75. The van der Waals surface area contributed by atoms with E-state index in [-0.39, 0.29) is 17.9 Å². The van der Waals surface area contributed by atoms with Crippen LogP contribution in [0.4, 0.5) is 5.69 Å². The highest BCUT2D eigenvalue weighted by atomic mass is 32.2. The third kappa shape index (κ3) is 6.16. The molecule has 178 valence electrons. The Balaban J connectivity index is 1.64. The number of carbonyl (C=O) groups is 2. The lowest BCUT2D eigenvalue weighted by molar-refractivity contribution is -0.142. The molecule has 0 bridgehead atoms. The van der Waals surface area contributed by atoms with Crippen LogP contribution in [0.5, 0.6) is 11.5 Å². The predicted octanol–water partition coefficient (Wildman–Crippen LogP) is 2.21. The smallest absolute Gasteiger partial charge is 0.263 e. The molecular weight excluding hydrogens is 446 g/mol. The summed E-state index contributed by atoms with van der Waals surface area (Å²) in [5.41, 5.74) is 0.954. The molecule has 1 fully saturated rings. The van der Waals surface area contributed by atoms with Crippen LogP contribution in [0, 0.1) is 0 Å². The molecule has 2 aromatic rings. The number of benzene rings is 2. The van der Waals surface area contributed by atoms with Crippen LogP contribution in [0.15, 0.2) is 48.5 Å². The van der Waals surface area contributed by atoms with E-state index in [0.717, 1.165) is 6.26 Å². The van der Waals surface area contributed by atoms with Gasteiger partial charge in [-0.2, -0.15) is 0 Å². The van der Waals surface area contributed by atoms with Gasteiger partial charge in [0.1, 0.15) is 0 Å². The lowest BCUT2D eigenvalue weighted by Gasteiger charge is -2.40. The van der Waals surface area contributed by atoms with Gasteiger partial charge >= 0.3 is 0 Å². The van der Waals surface area contributed by atoms with Crippen molar-refractivity contribution < 1.29 is 27.5 Å². The minimum absolute atomic E-state index is 0.0497. The molecule has 0 aromatic heterocycles. The van der Waals surface area contributed by atoms with Crippen LogP contribution in [-0.2, 0) is 14.8 Å². The van der Waals surface area contributed by atoms with Crippen molar-refractivity contribution in [2.24, 2.45) is 0 Å². The second kappa shape index (κ2) is 10.1. The fourth-order valence-corrected chi connectivity index (χ4v) is 4.30. The highest BCUT2D eigenvalue weighted by molar-refractivity contribution is 7.92. The summed E-state index contributed by atoms with van der Waals surface area (Å²) in [6, 6.07) is 13.5. The number of ether oxygens (including phenoxy) is 2. The van der Waals surface area contributed by atoms with E-state index in [1.807, 2.05) is 25.1 Å². The van der Waals surface area contributed by atoms with Crippen LogP contribution in [0.2, 0.25) is 0 Å². The van der Waals surface area contributed by atoms with Gasteiger partial charge < -0.3 is 19.3 Å². The van der Waals surface area contributed by atoms with Crippen LogP contribution in [-0.4, -0.2) is 75.2 Å². The summed E-state index contributed by atoms with van der Waals surface area (Å²) < 4.78 is 36.4. The Labute approximate surface area is 194 Å². The maximum atomic E-state index is 13.1. The zero-order valence-corrected chi connectivity index (χ0v) is 20.0. The van der Waals surface area contributed by atoms with Crippen LogP contribution >= 0.6 is 0 Å². The first-order valence-electron chi connectivity index (χ1n) is 10.6. The highest BCUT2D eigenvalue weighted by Gasteiger charge is 2.33. The molecule has 3 rings (SSSR count). The number of methoxy groups -OCH3 is 1. The largest absolute Gasteiger partial charge is 0.493 e. The van der Waals surface area contributed by atoms with E-state index >= 15 is 0 Å². The molecule has 1 N–H and O–H groups in total. The number of hydrogen-bond donors (Lipinski definition) is 1. The number of nitrogens with one attached hydrogen (secondary N) is 1. The van der Waals surface area contributed by atoms with Crippen LogP contribution in [0.25, 0.3) is 0 Å². The molecule has 10 heteroatoms. The number of carbonyl (C=O) groups excluding carboxylic acids is 2. The van der Waals surface area contributed by atoms with Crippen molar-refractivity contribution in [2.75, 3.05) is 37.7 Å². The molecular formula is C23H29N3O6S. The second-order valence-corrected chi connectivity index (χ2v) is 9.75. The van der Waals surface area contributed by atoms with Crippen molar-refractivity contribution in [2.45, 2.75) is 26.0 Å². The molecule has 1 saturated heterocycles. The van der Waals surface area contributed by atoms with E-state index in [1.54, 1.807) is 34.9 Å². The van der Waals surface area contributed by atoms with E-state index in [4.69, 9.17) is 9.47 Å². The molecule has 0 aliphatic carbocycles. The number of nitrogens with zero attached hydrogens (tertiary/aromatic N) is 2. The molecule has 0 saturated carbocycles. The van der Waals surface area contributed by atoms with Gasteiger partial charge in [-0.25, -0.2) is 8.42 Å². The standard InChI is InChI=1S/C23H29N3O6S/c1-16-15-25(23(28)18-8-6-5-7-9-18)12-13-26(16)22(27)17(2)32-20-11-10-19(14-21(20)31-3)24-33(4,29)30/h5-11,14,16-17,24H,12-13,15H2,1-4H3. The third-order valence-corrected chi connectivity index (χ3v) is 5.94. The Hall–Kier alpha value is -3.27.